The average molecular weight is 243 g/mol. The van der Waals surface area contributed by atoms with E-state index in [1.54, 1.807) is 0 Å². The van der Waals surface area contributed by atoms with Crippen LogP contribution < -0.4 is 0 Å². The lowest BCUT2D eigenvalue weighted by molar-refractivity contribution is -0.164. The number of hydrogen-bond acceptors (Lipinski definition) is 4. The fraction of sp³-hybridized carbons (Fsp3) is 1.00. The van der Waals surface area contributed by atoms with Crippen LogP contribution in [-0.4, -0.2) is 55.8 Å². The number of aliphatic hydroxyl groups excluding tert-OH is 1. The molecule has 2 fully saturated rings. The van der Waals surface area contributed by atoms with Gasteiger partial charge >= 0.3 is 0 Å². The minimum atomic E-state index is -0.0414. The van der Waals surface area contributed by atoms with Crippen molar-refractivity contribution >= 4 is 0 Å². The van der Waals surface area contributed by atoms with Crippen molar-refractivity contribution < 1.29 is 14.6 Å². The minimum Gasteiger partial charge on any atom is -0.393 e. The largest absolute Gasteiger partial charge is 0.393 e. The van der Waals surface area contributed by atoms with Crippen LogP contribution in [0.15, 0.2) is 0 Å². The molecule has 1 atom stereocenters. The third-order valence-electron chi connectivity index (χ3n) is 3.70. The van der Waals surface area contributed by atoms with Gasteiger partial charge in [-0.25, -0.2) is 0 Å². The summed E-state index contributed by atoms with van der Waals surface area (Å²) in [6.45, 7) is 3.62. The Morgan fingerprint density at radius 1 is 1.35 bits per heavy atom. The molecule has 0 spiro atoms. The maximum absolute atomic E-state index is 9.22. The highest BCUT2D eigenvalue weighted by Crippen LogP contribution is 2.27. The highest BCUT2D eigenvalue weighted by molar-refractivity contribution is 4.80. The first kappa shape index (κ1) is 13.3. The van der Waals surface area contributed by atoms with Crippen LogP contribution in [0, 0.1) is 5.92 Å². The smallest absolute Gasteiger partial charge is 0.157 e. The Morgan fingerprint density at radius 2 is 2.18 bits per heavy atom. The van der Waals surface area contributed by atoms with Crippen LogP contribution in [0.25, 0.3) is 0 Å². The van der Waals surface area contributed by atoms with Gasteiger partial charge in [0.2, 0.25) is 0 Å². The predicted molar refractivity (Wildman–Crippen MR) is 65.8 cm³/mol. The van der Waals surface area contributed by atoms with Gasteiger partial charge in [0.1, 0.15) is 0 Å². The minimum absolute atomic E-state index is 0.0303. The summed E-state index contributed by atoms with van der Waals surface area (Å²) in [5.74, 6) is 0.681. The van der Waals surface area contributed by atoms with Crippen molar-refractivity contribution in [3.8, 4) is 0 Å². The molecule has 1 saturated heterocycles. The van der Waals surface area contributed by atoms with Gasteiger partial charge in [0.15, 0.2) is 6.29 Å². The van der Waals surface area contributed by atoms with Gasteiger partial charge in [0, 0.05) is 19.7 Å². The Bertz CT molecular complexity index is 213. The third-order valence-corrected chi connectivity index (χ3v) is 3.70. The van der Waals surface area contributed by atoms with E-state index in [9.17, 15) is 5.11 Å². The second-order valence-electron chi connectivity index (χ2n) is 5.42. The van der Waals surface area contributed by atoms with Crippen molar-refractivity contribution in [3.63, 3.8) is 0 Å². The van der Waals surface area contributed by atoms with Gasteiger partial charge in [0.25, 0.3) is 0 Å². The zero-order valence-electron chi connectivity index (χ0n) is 10.8. The van der Waals surface area contributed by atoms with Gasteiger partial charge in [-0.15, -0.1) is 0 Å². The highest BCUT2D eigenvalue weighted by Gasteiger charge is 2.27. The molecule has 4 heteroatoms. The Morgan fingerprint density at radius 3 is 2.82 bits per heavy atom. The molecule has 0 radical (unpaired) electrons. The Kier molecular flexibility index (Phi) is 5.22. The zero-order valence-corrected chi connectivity index (χ0v) is 10.8. The van der Waals surface area contributed by atoms with Crippen LogP contribution in [0.1, 0.15) is 32.1 Å². The lowest BCUT2D eigenvalue weighted by Gasteiger charge is -2.34. The molecule has 100 valence electrons. The van der Waals surface area contributed by atoms with E-state index in [1.807, 2.05) is 0 Å². The van der Waals surface area contributed by atoms with Gasteiger partial charge < -0.3 is 19.5 Å². The van der Waals surface area contributed by atoms with Crippen LogP contribution in [-0.2, 0) is 9.47 Å². The van der Waals surface area contributed by atoms with Gasteiger partial charge in [-0.1, -0.05) is 0 Å². The molecule has 2 aliphatic rings. The van der Waals surface area contributed by atoms with Crippen LogP contribution in [0.3, 0.4) is 0 Å². The zero-order chi connectivity index (χ0) is 12.1. The Hall–Kier alpha value is -0.160. The van der Waals surface area contributed by atoms with Crippen LogP contribution in [0.5, 0.6) is 0 Å². The summed E-state index contributed by atoms with van der Waals surface area (Å²) in [6.07, 6.45) is 5.36. The van der Waals surface area contributed by atoms with Gasteiger partial charge in [-0.2, -0.15) is 0 Å². The number of hydrogen-bond donors (Lipinski definition) is 1. The van der Waals surface area contributed by atoms with E-state index in [0.717, 1.165) is 45.6 Å². The molecule has 2 rings (SSSR count). The second-order valence-corrected chi connectivity index (χ2v) is 5.42. The molecule has 1 aliphatic carbocycles. The third kappa shape index (κ3) is 4.54. The molecule has 0 bridgehead atoms. The van der Waals surface area contributed by atoms with Crippen molar-refractivity contribution in [3.05, 3.63) is 0 Å². The van der Waals surface area contributed by atoms with E-state index in [2.05, 4.69) is 11.9 Å². The molecule has 0 amide bonds. The lowest BCUT2D eigenvalue weighted by Crippen LogP contribution is -2.38. The van der Waals surface area contributed by atoms with Gasteiger partial charge in [-0.3, -0.25) is 0 Å². The van der Waals surface area contributed by atoms with Gasteiger partial charge in [-0.05, 0) is 45.1 Å². The Balaban J connectivity index is 1.49. The molecular formula is C13H25NO3. The van der Waals surface area contributed by atoms with Crippen molar-refractivity contribution in [2.75, 3.05) is 33.4 Å². The quantitative estimate of drug-likeness (QED) is 0.762. The number of likely N-dealkylation sites (N-methyl/N-ethyl adjacent to an activating group) is 1. The maximum atomic E-state index is 9.22. The molecule has 4 nitrogen and oxygen atoms in total. The number of ether oxygens (including phenoxy) is 2. The molecule has 1 aliphatic heterocycles. The maximum Gasteiger partial charge on any atom is 0.157 e. The predicted octanol–water partition coefficient (Wildman–Crippen LogP) is 1.23. The number of nitrogens with zero attached hydrogens (tertiary/aromatic N) is 1. The Labute approximate surface area is 104 Å². The van der Waals surface area contributed by atoms with Crippen molar-refractivity contribution in [2.45, 2.75) is 44.5 Å². The van der Waals surface area contributed by atoms with Crippen LogP contribution in [0.4, 0.5) is 0 Å². The second kappa shape index (κ2) is 6.69. The normalized spacial score (nSPS) is 33.7. The summed E-state index contributed by atoms with van der Waals surface area (Å²) in [6, 6.07) is 0. The highest BCUT2D eigenvalue weighted by atomic mass is 16.7. The van der Waals surface area contributed by atoms with E-state index in [1.165, 1.54) is 12.8 Å². The van der Waals surface area contributed by atoms with Crippen LogP contribution in [0.2, 0.25) is 0 Å². The van der Waals surface area contributed by atoms with E-state index < -0.39 is 0 Å². The summed E-state index contributed by atoms with van der Waals surface area (Å²) in [5, 5.41) is 9.22. The molecule has 0 aromatic heterocycles. The topological polar surface area (TPSA) is 41.9 Å². The summed E-state index contributed by atoms with van der Waals surface area (Å²) >= 11 is 0. The van der Waals surface area contributed by atoms with Crippen molar-refractivity contribution in [2.24, 2.45) is 5.92 Å². The summed E-state index contributed by atoms with van der Waals surface area (Å²) < 4.78 is 11.2. The molecule has 1 saturated carbocycles. The fourth-order valence-corrected chi connectivity index (χ4v) is 2.56. The first-order chi connectivity index (χ1) is 8.24. The molecule has 0 aromatic carbocycles. The molecule has 1 heterocycles. The first-order valence-electron chi connectivity index (χ1n) is 6.84. The van der Waals surface area contributed by atoms with Gasteiger partial charge in [0.05, 0.1) is 12.7 Å². The van der Waals surface area contributed by atoms with Crippen molar-refractivity contribution in [1.82, 2.24) is 4.90 Å². The molecule has 17 heavy (non-hydrogen) atoms. The van der Waals surface area contributed by atoms with E-state index in [0.29, 0.717) is 5.92 Å². The standard InChI is InChI=1S/C13H25NO3/c1-14(10-11-8-12(15)9-11)5-7-17-13-4-2-3-6-16-13/h11-13,15H,2-10H2,1H3. The molecule has 1 unspecified atom stereocenters. The van der Waals surface area contributed by atoms with E-state index in [4.69, 9.17) is 9.47 Å². The average Bonchev–Trinajstić information content (AvgIpc) is 2.28. The summed E-state index contributed by atoms with van der Waals surface area (Å²) in [4.78, 5) is 2.29. The molecule has 0 aromatic rings. The number of rotatable bonds is 6. The molecule has 1 N–H and O–H groups in total. The van der Waals surface area contributed by atoms with Crippen LogP contribution >= 0.6 is 0 Å². The van der Waals surface area contributed by atoms with E-state index >= 15 is 0 Å². The SMILES string of the molecule is CN(CCOC1CCCCO1)CC1CC(O)C1. The molecular weight excluding hydrogens is 218 g/mol. The summed E-state index contributed by atoms with van der Waals surface area (Å²) in [5.41, 5.74) is 0. The first-order valence-corrected chi connectivity index (χ1v) is 6.84. The number of aliphatic hydroxyl groups is 1. The summed E-state index contributed by atoms with van der Waals surface area (Å²) in [7, 11) is 2.12. The monoisotopic (exact) mass is 243 g/mol. The van der Waals surface area contributed by atoms with E-state index in [-0.39, 0.29) is 12.4 Å². The lowest BCUT2D eigenvalue weighted by atomic mass is 9.82. The fourth-order valence-electron chi connectivity index (χ4n) is 2.56. The van der Waals surface area contributed by atoms with Crippen molar-refractivity contribution in [1.29, 1.82) is 0 Å².